The van der Waals surface area contributed by atoms with Crippen molar-refractivity contribution in [2.45, 2.75) is 57.1 Å². The van der Waals surface area contributed by atoms with Gasteiger partial charge in [0, 0.05) is 50.8 Å². The van der Waals surface area contributed by atoms with E-state index in [2.05, 4.69) is 27.2 Å². The van der Waals surface area contributed by atoms with Gasteiger partial charge in [0.05, 0.1) is 11.8 Å². The molecule has 3 aliphatic rings. The fourth-order valence-electron chi connectivity index (χ4n) is 3.92. The van der Waals surface area contributed by atoms with Gasteiger partial charge in [-0.1, -0.05) is 11.6 Å². The van der Waals surface area contributed by atoms with E-state index in [9.17, 15) is 9.90 Å². The van der Waals surface area contributed by atoms with Gasteiger partial charge in [0.15, 0.2) is 0 Å². The number of nitrogens with zero attached hydrogens (tertiary/aromatic N) is 3. The number of H-pyrrole nitrogens is 1. The average Bonchev–Trinajstić information content (AvgIpc) is 3.18. The van der Waals surface area contributed by atoms with Gasteiger partial charge in [0.1, 0.15) is 0 Å². The van der Waals surface area contributed by atoms with E-state index in [1.54, 1.807) is 0 Å². The molecule has 1 saturated heterocycles. The molecular weight excluding hydrogens is 316 g/mol. The predicted molar refractivity (Wildman–Crippen MR) is 95.0 cm³/mol. The Morgan fingerprint density at radius 1 is 1.32 bits per heavy atom. The Balaban J connectivity index is 1.32. The van der Waals surface area contributed by atoms with E-state index in [1.165, 1.54) is 30.5 Å². The lowest BCUT2D eigenvalue weighted by atomic mass is 10.1. The number of β-amino-alcohol motifs (C(OH)–C–C–N with tert-alkyl or cyclic N) is 1. The predicted octanol–water partition coefficient (Wildman–Crippen LogP) is 1.79. The second-order valence-corrected chi connectivity index (χ2v) is 7.75. The van der Waals surface area contributed by atoms with Crippen LogP contribution in [0.4, 0.5) is 0 Å². The zero-order valence-electron chi connectivity index (χ0n) is 14.8. The number of carbonyl (C=O) groups excluding carboxylic acids is 1. The minimum atomic E-state index is -0.491. The molecule has 1 aromatic rings. The molecule has 0 unspecified atom stereocenters. The van der Waals surface area contributed by atoms with E-state index in [0.29, 0.717) is 32.0 Å². The lowest BCUT2D eigenvalue weighted by molar-refractivity contribution is -0.131. The van der Waals surface area contributed by atoms with Gasteiger partial charge in [-0.15, -0.1) is 0 Å². The van der Waals surface area contributed by atoms with Crippen LogP contribution < -0.4 is 0 Å². The lowest BCUT2D eigenvalue weighted by Crippen LogP contribution is -2.37. The number of carbonyl (C=O) groups is 1. The SMILES string of the molecule is O=C(CC1=CCCC1)N1CCN(Cc2cc(C3CC3)n[nH]2)C[C@H](O)C1. The first-order chi connectivity index (χ1) is 12.2. The fraction of sp³-hybridized carbons (Fsp3) is 0.684. The van der Waals surface area contributed by atoms with Crippen molar-refractivity contribution < 1.29 is 9.90 Å². The highest BCUT2D eigenvalue weighted by Gasteiger charge is 2.28. The van der Waals surface area contributed by atoms with Gasteiger partial charge in [-0.05, 0) is 38.2 Å². The summed E-state index contributed by atoms with van der Waals surface area (Å²) in [6.45, 7) is 3.28. The third kappa shape index (κ3) is 4.30. The summed E-state index contributed by atoms with van der Waals surface area (Å²) in [5, 5.41) is 17.9. The molecule has 1 saturated carbocycles. The van der Waals surface area contributed by atoms with Crippen LogP contribution in [0.3, 0.4) is 0 Å². The van der Waals surface area contributed by atoms with E-state index in [1.807, 2.05) is 4.90 Å². The van der Waals surface area contributed by atoms with Crippen molar-refractivity contribution >= 4 is 5.91 Å². The van der Waals surface area contributed by atoms with Crippen molar-refractivity contribution in [1.82, 2.24) is 20.0 Å². The Kier molecular flexibility index (Phi) is 4.90. The number of hydrogen-bond donors (Lipinski definition) is 2. The number of rotatable bonds is 5. The molecule has 1 amide bonds. The molecule has 0 radical (unpaired) electrons. The average molecular weight is 344 g/mol. The Bertz CT molecular complexity index is 650. The molecule has 0 spiro atoms. The number of aliphatic hydroxyl groups excluding tert-OH is 1. The van der Waals surface area contributed by atoms with E-state index in [0.717, 1.165) is 31.6 Å². The van der Waals surface area contributed by atoms with Gasteiger partial charge in [-0.25, -0.2) is 0 Å². The zero-order chi connectivity index (χ0) is 17.2. The Morgan fingerprint density at radius 3 is 2.96 bits per heavy atom. The minimum Gasteiger partial charge on any atom is -0.390 e. The smallest absolute Gasteiger partial charge is 0.226 e. The van der Waals surface area contributed by atoms with Crippen LogP contribution in [-0.4, -0.2) is 63.3 Å². The molecule has 2 fully saturated rings. The van der Waals surface area contributed by atoms with Gasteiger partial charge in [-0.2, -0.15) is 5.10 Å². The molecule has 6 nitrogen and oxygen atoms in total. The van der Waals surface area contributed by atoms with Gasteiger partial charge < -0.3 is 10.0 Å². The van der Waals surface area contributed by atoms with E-state index in [4.69, 9.17) is 0 Å². The molecular formula is C19H28N4O2. The molecule has 2 N–H and O–H groups in total. The molecule has 2 aliphatic carbocycles. The number of aromatic nitrogens is 2. The van der Waals surface area contributed by atoms with Gasteiger partial charge in [0.25, 0.3) is 0 Å². The molecule has 1 atom stereocenters. The molecule has 1 aromatic heterocycles. The van der Waals surface area contributed by atoms with Crippen LogP contribution in [0.5, 0.6) is 0 Å². The first-order valence-corrected chi connectivity index (χ1v) is 9.57. The minimum absolute atomic E-state index is 0.159. The summed E-state index contributed by atoms with van der Waals surface area (Å²) in [6, 6.07) is 2.16. The van der Waals surface area contributed by atoms with Crippen molar-refractivity contribution in [2.24, 2.45) is 0 Å². The number of aromatic amines is 1. The molecule has 0 aromatic carbocycles. The fourth-order valence-corrected chi connectivity index (χ4v) is 3.92. The maximum atomic E-state index is 12.5. The number of hydrogen-bond acceptors (Lipinski definition) is 4. The molecule has 136 valence electrons. The number of allylic oxidation sites excluding steroid dienone is 1. The highest BCUT2D eigenvalue weighted by Crippen LogP contribution is 2.39. The van der Waals surface area contributed by atoms with Gasteiger partial charge in [-0.3, -0.25) is 14.8 Å². The second kappa shape index (κ2) is 7.30. The van der Waals surface area contributed by atoms with Crippen molar-refractivity contribution in [1.29, 1.82) is 0 Å². The lowest BCUT2D eigenvalue weighted by Gasteiger charge is -2.22. The molecule has 1 aliphatic heterocycles. The van der Waals surface area contributed by atoms with Crippen LogP contribution >= 0.6 is 0 Å². The van der Waals surface area contributed by atoms with Gasteiger partial charge >= 0.3 is 0 Å². The monoisotopic (exact) mass is 344 g/mol. The summed E-state index contributed by atoms with van der Waals surface area (Å²) in [5.41, 5.74) is 3.54. The van der Waals surface area contributed by atoms with Crippen molar-refractivity contribution in [3.63, 3.8) is 0 Å². The Labute approximate surface area is 148 Å². The van der Waals surface area contributed by atoms with Gasteiger partial charge in [0.2, 0.25) is 5.91 Å². The van der Waals surface area contributed by atoms with Crippen molar-refractivity contribution in [3.8, 4) is 0 Å². The van der Waals surface area contributed by atoms with Crippen LogP contribution in [0.2, 0.25) is 0 Å². The van der Waals surface area contributed by atoms with E-state index >= 15 is 0 Å². The first-order valence-electron chi connectivity index (χ1n) is 9.57. The summed E-state index contributed by atoms with van der Waals surface area (Å²) in [7, 11) is 0. The van der Waals surface area contributed by atoms with E-state index < -0.39 is 6.10 Å². The highest BCUT2D eigenvalue weighted by molar-refractivity contribution is 5.79. The number of aliphatic hydroxyl groups is 1. The van der Waals surface area contributed by atoms with Crippen LogP contribution in [-0.2, 0) is 11.3 Å². The van der Waals surface area contributed by atoms with Crippen LogP contribution in [0.15, 0.2) is 17.7 Å². The normalized spacial score (nSPS) is 25.1. The maximum Gasteiger partial charge on any atom is 0.226 e. The third-order valence-corrected chi connectivity index (χ3v) is 5.49. The Morgan fingerprint density at radius 2 is 2.20 bits per heavy atom. The molecule has 25 heavy (non-hydrogen) atoms. The Hall–Kier alpha value is -1.66. The molecule has 0 bridgehead atoms. The molecule has 6 heteroatoms. The summed E-state index contributed by atoms with van der Waals surface area (Å²) >= 11 is 0. The standard InChI is InChI=1S/C19H28N4O2/c24-17-12-22(11-16-10-18(21-20-16)15-5-6-15)7-8-23(13-17)19(25)9-14-3-1-2-4-14/h3,10,15,17,24H,1-2,4-9,11-13H2,(H,20,21)/t17-/m0/s1. The van der Waals surface area contributed by atoms with Crippen LogP contribution in [0, 0.1) is 0 Å². The molecule has 4 rings (SSSR count). The molecule has 2 heterocycles. The maximum absolute atomic E-state index is 12.5. The van der Waals surface area contributed by atoms with E-state index in [-0.39, 0.29) is 5.91 Å². The van der Waals surface area contributed by atoms with Crippen molar-refractivity contribution in [2.75, 3.05) is 26.2 Å². The summed E-state index contributed by atoms with van der Waals surface area (Å²) in [4.78, 5) is 16.6. The second-order valence-electron chi connectivity index (χ2n) is 7.75. The third-order valence-electron chi connectivity index (χ3n) is 5.49. The van der Waals surface area contributed by atoms with Crippen molar-refractivity contribution in [3.05, 3.63) is 29.1 Å². The van der Waals surface area contributed by atoms with Crippen LogP contribution in [0.25, 0.3) is 0 Å². The number of amides is 1. The summed E-state index contributed by atoms with van der Waals surface area (Å²) in [5.74, 6) is 0.810. The number of nitrogens with one attached hydrogen (secondary N) is 1. The first kappa shape index (κ1) is 16.8. The largest absolute Gasteiger partial charge is 0.390 e. The summed E-state index contributed by atoms with van der Waals surface area (Å²) in [6.07, 6.45) is 8.07. The highest BCUT2D eigenvalue weighted by atomic mass is 16.3. The summed E-state index contributed by atoms with van der Waals surface area (Å²) < 4.78 is 0. The zero-order valence-corrected chi connectivity index (χ0v) is 14.8. The topological polar surface area (TPSA) is 72.5 Å². The van der Waals surface area contributed by atoms with Crippen LogP contribution in [0.1, 0.15) is 55.8 Å². The quantitative estimate of drug-likeness (QED) is 0.799.